The van der Waals surface area contributed by atoms with E-state index in [9.17, 15) is 9.32 Å². The van der Waals surface area contributed by atoms with Crippen LogP contribution in [0.1, 0.15) is 20.3 Å². The van der Waals surface area contributed by atoms with Gasteiger partial charge in [0.25, 0.3) is 0 Å². The fourth-order valence-corrected chi connectivity index (χ4v) is 3.98. The molecule has 1 rings (SSSR count). The molecule has 0 saturated carbocycles. The second kappa shape index (κ2) is 6.71. The van der Waals surface area contributed by atoms with Crippen molar-refractivity contribution < 1.29 is 9.32 Å². The van der Waals surface area contributed by atoms with Gasteiger partial charge < -0.3 is 5.11 Å². The van der Waals surface area contributed by atoms with Crippen LogP contribution in [0.15, 0.2) is 51.7 Å². The molecule has 0 spiro atoms. The molecule has 3 nitrogen and oxygen atoms in total. The molecule has 1 N–H and O–H groups in total. The Morgan fingerprint density at radius 2 is 2.00 bits per heavy atom. The first-order valence-electron chi connectivity index (χ1n) is 6.10. The largest absolute Gasteiger partial charge is 0.392 e. The van der Waals surface area contributed by atoms with Gasteiger partial charge in [-0.3, -0.25) is 0 Å². The van der Waals surface area contributed by atoms with Crippen molar-refractivity contribution in [3.05, 3.63) is 42.5 Å². The minimum absolute atomic E-state index is 0.482. The molecule has 100 valence electrons. The Kier molecular flexibility index (Phi) is 5.56. The molecule has 0 aromatic heterocycles. The lowest BCUT2D eigenvalue weighted by atomic mass is 10.2. The van der Waals surface area contributed by atoms with Crippen molar-refractivity contribution in [3.8, 4) is 0 Å². The zero-order valence-electron chi connectivity index (χ0n) is 11.1. The van der Waals surface area contributed by atoms with Gasteiger partial charge in [0.15, 0.2) is 0 Å². The zero-order valence-corrected chi connectivity index (χ0v) is 11.9. The van der Waals surface area contributed by atoms with Gasteiger partial charge in [-0.05, 0) is 25.5 Å². The Balaban J connectivity index is 3.30. The van der Waals surface area contributed by atoms with Crippen molar-refractivity contribution in [1.82, 2.24) is 0 Å². The van der Waals surface area contributed by atoms with E-state index in [1.54, 1.807) is 26.1 Å². The van der Waals surface area contributed by atoms with Crippen molar-refractivity contribution in [2.45, 2.75) is 36.5 Å². The van der Waals surface area contributed by atoms with Crippen LogP contribution in [-0.2, 0) is 9.73 Å². The maximum absolute atomic E-state index is 13.0. The molecule has 1 aromatic rings. The monoisotopic (exact) mass is 267 g/mol. The van der Waals surface area contributed by atoms with Gasteiger partial charge in [-0.2, -0.15) is 0 Å². The predicted octanol–water partition coefficient (Wildman–Crippen LogP) is 2.86. The molecule has 0 fully saturated rings. The van der Waals surface area contributed by atoms with E-state index >= 15 is 0 Å². The fraction of sp³-hybridized carbons (Fsp3) is 0.429. The van der Waals surface area contributed by atoms with Crippen LogP contribution in [0.25, 0.3) is 0 Å². The van der Waals surface area contributed by atoms with Crippen LogP contribution in [0.3, 0.4) is 0 Å². The van der Waals surface area contributed by atoms with Gasteiger partial charge in [-0.1, -0.05) is 37.3 Å². The number of hydrogen-bond acceptors (Lipinski definition) is 3. The normalized spacial score (nSPS) is 18.2. The van der Waals surface area contributed by atoms with E-state index < -0.39 is 21.1 Å². The van der Waals surface area contributed by atoms with Crippen molar-refractivity contribution in [1.29, 1.82) is 0 Å². The molecule has 0 aliphatic heterocycles. The van der Waals surface area contributed by atoms with Crippen LogP contribution in [0.2, 0.25) is 0 Å². The number of rotatable bonds is 5. The highest BCUT2D eigenvalue weighted by molar-refractivity contribution is 7.94. The van der Waals surface area contributed by atoms with E-state index in [4.69, 9.17) is 0 Å². The van der Waals surface area contributed by atoms with Crippen molar-refractivity contribution in [2.75, 3.05) is 7.05 Å². The molecular weight excluding hydrogens is 246 g/mol. The zero-order chi connectivity index (χ0) is 13.6. The third-order valence-electron chi connectivity index (χ3n) is 2.76. The smallest absolute Gasteiger partial charge is 0.0910 e. The lowest BCUT2D eigenvalue weighted by Gasteiger charge is -2.21. The number of aliphatic hydroxyl groups excluding tert-OH is 1. The van der Waals surface area contributed by atoms with E-state index in [0.29, 0.717) is 4.90 Å². The summed E-state index contributed by atoms with van der Waals surface area (Å²) in [6, 6.07) is 9.14. The Hall–Kier alpha value is -1.13. The molecule has 0 radical (unpaired) electrons. The van der Waals surface area contributed by atoms with Gasteiger partial charge in [-0.25, -0.2) is 8.57 Å². The van der Waals surface area contributed by atoms with Gasteiger partial charge in [0.2, 0.25) is 0 Å². The molecule has 4 heteroatoms. The standard InChI is InChI=1S/C14H21NO2S/c1-4-5-11-14(12(2)16)18(17,15-3)13-9-7-6-8-10-13/h5-12,14,16H,4H2,1-3H3/b11-5+/t12-,14?,18?/m1/s1. The van der Waals surface area contributed by atoms with Gasteiger partial charge in [-0.15, -0.1) is 0 Å². The van der Waals surface area contributed by atoms with Gasteiger partial charge >= 0.3 is 0 Å². The van der Waals surface area contributed by atoms with E-state index in [-0.39, 0.29) is 0 Å². The summed E-state index contributed by atoms with van der Waals surface area (Å²) in [5, 5.41) is 9.39. The molecule has 0 aliphatic carbocycles. The summed E-state index contributed by atoms with van der Waals surface area (Å²) in [6.07, 6.45) is 3.87. The van der Waals surface area contributed by atoms with Crippen LogP contribution < -0.4 is 0 Å². The lowest BCUT2D eigenvalue weighted by molar-refractivity contribution is 0.201. The summed E-state index contributed by atoms with van der Waals surface area (Å²) in [6.45, 7) is 3.65. The van der Waals surface area contributed by atoms with E-state index in [0.717, 1.165) is 6.42 Å². The van der Waals surface area contributed by atoms with Crippen molar-refractivity contribution in [2.24, 2.45) is 4.36 Å². The number of benzene rings is 1. The third kappa shape index (κ3) is 3.21. The summed E-state index contributed by atoms with van der Waals surface area (Å²) in [4.78, 5) is 0.666. The highest BCUT2D eigenvalue weighted by Crippen LogP contribution is 2.22. The van der Waals surface area contributed by atoms with Gasteiger partial charge in [0.1, 0.15) is 0 Å². The Morgan fingerprint density at radius 1 is 1.39 bits per heavy atom. The summed E-state index contributed by atoms with van der Waals surface area (Å²) in [5.41, 5.74) is 0. The SMILES string of the molecule is CC/C=C/C([C@@H](C)O)S(=O)(=NC)c1ccccc1. The summed E-state index contributed by atoms with van der Waals surface area (Å²) in [5.74, 6) is 0. The number of hydrogen-bond donors (Lipinski definition) is 1. The molecule has 0 saturated heterocycles. The molecule has 0 heterocycles. The highest BCUT2D eigenvalue weighted by atomic mass is 32.2. The fourth-order valence-electron chi connectivity index (χ4n) is 1.80. The molecular formula is C14H21NO2S. The highest BCUT2D eigenvalue weighted by Gasteiger charge is 2.26. The molecule has 0 aliphatic rings. The average Bonchev–Trinajstić information content (AvgIpc) is 2.39. The predicted molar refractivity (Wildman–Crippen MR) is 76.1 cm³/mol. The van der Waals surface area contributed by atoms with Crippen LogP contribution >= 0.6 is 0 Å². The van der Waals surface area contributed by atoms with Crippen LogP contribution in [0.5, 0.6) is 0 Å². The third-order valence-corrected chi connectivity index (χ3v) is 5.54. The molecule has 1 aromatic carbocycles. The van der Waals surface area contributed by atoms with Gasteiger partial charge in [0.05, 0.1) is 21.1 Å². The Morgan fingerprint density at radius 3 is 2.44 bits per heavy atom. The summed E-state index contributed by atoms with van der Waals surface area (Å²) in [7, 11) is -1.08. The molecule has 0 bridgehead atoms. The second-order valence-electron chi connectivity index (χ2n) is 4.11. The maximum atomic E-state index is 13.0. The minimum atomic E-state index is -2.63. The Bertz CT molecular complexity index is 500. The van der Waals surface area contributed by atoms with E-state index in [1.165, 1.54) is 0 Å². The van der Waals surface area contributed by atoms with Gasteiger partial charge in [0, 0.05) is 11.9 Å². The second-order valence-corrected chi connectivity index (χ2v) is 6.62. The minimum Gasteiger partial charge on any atom is -0.392 e. The molecule has 2 unspecified atom stereocenters. The maximum Gasteiger partial charge on any atom is 0.0910 e. The van der Waals surface area contributed by atoms with Crippen LogP contribution in [0, 0.1) is 0 Å². The lowest BCUT2D eigenvalue weighted by Crippen LogP contribution is -2.30. The first kappa shape index (κ1) is 14.9. The van der Waals surface area contributed by atoms with Crippen molar-refractivity contribution >= 4 is 9.73 Å². The first-order chi connectivity index (χ1) is 8.56. The van der Waals surface area contributed by atoms with Crippen molar-refractivity contribution in [3.63, 3.8) is 0 Å². The average molecular weight is 267 g/mol. The van der Waals surface area contributed by atoms with E-state index in [2.05, 4.69) is 4.36 Å². The first-order valence-corrected chi connectivity index (χ1v) is 7.68. The number of aliphatic hydroxyl groups is 1. The van der Waals surface area contributed by atoms with Crippen LogP contribution in [-0.4, -0.2) is 27.7 Å². The number of allylic oxidation sites excluding steroid dienone is 1. The topological polar surface area (TPSA) is 49.7 Å². The van der Waals surface area contributed by atoms with Crippen LogP contribution in [0.4, 0.5) is 0 Å². The summed E-state index contributed by atoms with van der Waals surface area (Å²) >= 11 is 0. The summed E-state index contributed by atoms with van der Waals surface area (Å²) < 4.78 is 17.1. The molecule has 18 heavy (non-hydrogen) atoms. The molecule has 3 atom stereocenters. The molecule has 0 amide bonds. The Labute approximate surface area is 110 Å². The van der Waals surface area contributed by atoms with E-state index in [1.807, 2.05) is 37.3 Å². The number of nitrogens with zero attached hydrogens (tertiary/aromatic N) is 1. The quantitative estimate of drug-likeness (QED) is 0.834.